The molecule has 1 saturated carbocycles. The Morgan fingerprint density at radius 2 is 1.60 bits per heavy atom. The molecule has 0 aromatic heterocycles. The fourth-order valence-electron chi connectivity index (χ4n) is 2.08. The monoisotopic (exact) mass is 204 g/mol. The zero-order chi connectivity index (χ0) is 11.1. The molecule has 0 saturated heterocycles. The zero-order valence-corrected chi connectivity index (χ0v) is 9.88. The summed E-state index contributed by atoms with van der Waals surface area (Å²) in [5.74, 6) is 0. The molecule has 0 amide bonds. The van der Waals surface area contributed by atoms with Crippen LogP contribution in [-0.4, -0.2) is 5.11 Å². The van der Waals surface area contributed by atoms with E-state index in [-0.39, 0.29) is 5.41 Å². The Morgan fingerprint density at radius 1 is 1.07 bits per heavy atom. The molecule has 1 aromatic rings. The van der Waals surface area contributed by atoms with Crippen molar-refractivity contribution >= 4 is 0 Å². The van der Waals surface area contributed by atoms with Gasteiger partial charge in [0.05, 0.1) is 5.60 Å². The van der Waals surface area contributed by atoms with Crippen LogP contribution < -0.4 is 0 Å². The third-order valence-corrected chi connectivity index (χ3v) is 3.47. The minimum atomic E-state index is -0.517. The molecule has 1 fully saturated rings. The van der Waals surface area contributed by atoms with Crippen LogP contribution in [0, 0.1) is 0 Å². The van der Waals surface area contributed by atoms with Crippen molar-refractivity contribution in [3.63, 3.8) is 0 Å². The summed E-state index contributed by atoms with van der Waals surface area (Å²) < 4.78 is 0. The van der Waals surface area contributed by atoms with E-state index in [1.54, 1.807) is 0 Å². The maximum Gasteiger partial charge on any atom is 0.0896 e. The summed E-state index contributed by atoms with van der Waals surface area (Å²) in [6, 6.07) is 8.46. The second-order valence-corrected chi connectivity index (χ2v) is 5.71. The molecule has 0 spiro atoms. The van der Waals surface area contributed by atoms with E-state index in [4.69, 9.17) is 0 Å². The highest BCUT2D eigenvalue weighted by Gasteiger charge is 2.36. The average molecular weight is 204 g/mol. The molecule has 1 heteroatoms. The third kappa shape index (κ3) is 1.93. The van der Waals surface area contributed by atoms with Crippen LogP contribution in [0.15, 0.2) is 24.3 Å². The topological polar surface area (TPSA) is 20.2 Å². The molecule has 1 nitrogen and oxygen atoms in total. The number of aliphatic hydroxyl groups is 1. The van der Waals surface area contributed by atoms with Gasteiger partial charge in [0.25, 0.3) is 0 Å². The maximum absolute atomic E-state index is 10.2. The Morgan fingerprint density at radius 3 is 1.93 bits per heavy atom. The Bertz CT molecular complexity index is 339. The second-order valence-electron chi connectivity index (χ2n) is 5.71. The lowest BCUT2D eigenvalue weighted by atomic mass is 9.74. The fraction of sp³-hybridized carbons (Fsp3) is 0.571. The molecule has 82 valence electrons. The Kier molecular flexibility index (Phi) is 2.38. The van der Waals surface area contributed by atoms with Crippen molar-refractivity contribution in [3.05, 3.63) is 35.4 Å². The average Bonchev–Trinajstić information content (AvgIpc) is 2.13. The minimum absolute atomic E-state index is 0.195. The minimum Gasteiger partial charge on any atom is -0.385 e. The van der Waals surface area contributed by atoms with E-state index in [0.717, 1.165) is 24.8 Å². The largest absolute Gasteiger partial charge is 0.385 e. The van der Waals surface area contributed by atoms with Gasteiger partial charge < -0.3 is 5.11 Å². The first-order valence-electron chi connectivity index (χ1n) is 5.75. The van der Waals surface area contributed by atoms with Gasteiger partial charge in [0.2, 0.25) is 0 Å². The molecular formula is C14H20O. The lowest BCUT2D eigenvalue weighted by Gasteiger charge is -2.37. The van der Waals surface area contributed by atoms with Crippen LogP contribution in [-0.2, 0) is 11.0 Å². The van der Waals surface area contributed by atoms with Gasteiger partial charge in [-0.1, -0.05) is 45.0 Å². The van der Waals surface area contributed by atoms with Gasteiger partial charge in [-0.2, -0.15) is 0 Å². The molecule has 2 rings (SSSR count). The zero-order valence-electron chi connectivity index (χ0n) is 9.88. The summed E-state index contributed by atoms with van der Waals surface area (Å²) in [7, 11) is 0. The summed E-state index contributed by atoms with van der Waals surface area (Å²) >= 11 is 0. The lowest BCUT2D eigenvalue weighted by molar-refractivity contribution is -0.0388. The molecule has 0 atom stereocenters. The van der Waals surface area contributed by atoms with Crippen molar-refractivity contribution in [1.29, 1.82) is 0 Å². The van der Waals surface area contributed by atoms with Crippen LogP contribution in [0.2, 0.25) is 0 Å². The van der Waals surface area contributed by atoms with Crippen molar-refractivity contribution in [2.75, 3.05) is 0 Å². The number of benzene rings is 1. The normalized spacial score (nSPS) is 19.7. The highest BCUT2D eigenvalue weighted by atomic mass is 16.3. The van der Waals surface area contributed by atoms with Crippen molar-refractivity contribution in [2.24, 2.45) is 0 Å². The molecule has 1 N–H and O–H groups in total. The van der Waals surface area contributed by atoms with Gasteiger partial charge in [0, 0.05) is 0 Å². The number of hydrogen-bond donors (Lipinski definition) is 1. The van der Waals surface area contributed by atoms with Crippen LogP contribution >= 0.6 is 0 Å². The Hall–Kier alpha value is -0.820. The van der Waals surface area contributed by atoms with E-state index in [2.05, 4.69) is 45.0 Å². The highest BCUT2D eigenvalue weighted by molar-refractivity contribution is 5.31. The third-order valence-electron chi connectivity index (χ3n) is 3.47. The Labute approximate surface area is 92.1 Å². The Balaban J connectivity index is 2.24. The molecule has 1 aliphatic rings. The van der Waals surface area contributed by atoms with Crippen LogP contribution in [0.25, 0.3) is 0 Å². The summed E-state index contributed by atoms with van der Waals surface area (Å²) in [5, 5.41) is 10.2. The number of rotatable bonds is 1. The summed E-state index contributed by atoms with van der Waals surface area (Å²) in [4.78, 5) is 0. The molecule has 0 heterocycles. The summed E-state index contributed by atoms with van der Waals surface area (Å²) in [6.07, 6.45) is 2.99. The van der Waals surface area contributed by atoms with Crippen LogP contribution in [0.4, 0.5) is 0 Å². The lowest BCUT2D eigenvalue weighted by Crippen LogP contribution is -2.33. The second kappa shape index (κ2) is 3.34. The summed E-state index contributed by atoms with van der Waals surface area (Å²) in [6.45, 7) is 6.63. The van der Waals surface area contributed by atoms with Gasteiger partial charge in [0.1, 0.15) is 0 Å². The molecule has 1 aromatic carbocycles. The van der Waals surface area contributed by atoms with E-state index < -0.39 is 5.60 Å². The SMILES string of the molecule is CC(C)(C)c1ccc(C2(O)CCC2)cc1. The maximum atomic E-state index is 10.2. The van der Waals surface area contributed by atoms with E-state index in [1.165, 1.54) is 5.56 Å². The first-order valence-corrected chi connectivity index (χ1v) is 5.75. The van der Waals surface area contributed by atoms with Crippen molar-refractivity contribution < 1.29 is 5.11 Å². The van der Waals surface area contributed by atoms with Crippen molar-refractivity contribution in [1.82, 2.24) is 0 Å². The first-order chi connectivity index (χ1) is 6.92. The van der Waals surface area contributed by atoms with Gasteiger partial charge in [-0.15, -0.1) is 0 Å². The quantitative estimate of drug-likeness (QED) is 0.743. The van der Waals surface area contributed by atoms with Gasteiger partial charge >= 0.3 is 0 Å². The van der Waals surface area contributed by atoms with E-state index in [1.807, 2.05) is 0 Å². The van der Waals surface area contributed by atoms with E-state index >= 15 is 0 Å². The van der Waals surface area contributed by atoms with Crippen LogP contribution in [0.1, 0.15) is 51.2 Å². The molecule has 15 heavy (non-hydrogen) atoms. The van der Waals surface area contributed by atoms with Gasteiger partial charge in [0.15, 0.2) is 0 Å². The van der Waals surface area contributed by atoms with Gasteiger partial charge in [-0.3, -0.25) is 0 Å². The van der Waals surface area contributed by atoms with Crippen LogP contribution in [0.5, 0.6) is 0 Å². The predicted molar refractivity (Wildman–Crippen MR) is 62.9 cm³/mol. The molecule has 0 unspecified atom stereocenters. The molecule has 0 radical (unpaired) electrons. The van der Waals surface area contributed by atoms with Crippen molar-refractivity contribution in [2.45, 2.75) is 51.0 Å². The van der Waals surface area contributed by atoms with Crippen LogP contribution in [0.3, 0.4) is 0 Å². The van der Waals surface area contributed by atoms with Gasteiger partial charge in [-0.25, -0.2) is 0 Å². The first kappa shape index (κ1) is 10.7. The number of hydrogen-bond acceptors (Lipinski definition) is 1. The standard InChI is InChI=1S/C14H20O/c1-13(2,3)11-5-7-12(8-6-11)14(15)9-4-10-14/h5-8,15H,4,9-10H2,1-3H3. The highest BCUT2D eigenvalue weighted by Crippen LogP contribution is 2.41. The van der Waals surface area contributed by atoms with Crippen molar-refractivity contribution in [3.8, 4) is 0 Å². The molecular weight excluding hydrogens is 184 g/mol. The summed E-state index contributed by atoms with van der Waals surface area (Å²) in [5.41, 5.74) is 2.09. The fourth-order valence-corrected chi connectivity index (χ4v) is 2.08. The van der Waals surface area contributed by atoms with E-state index in [9.17, 15) is 5.11 Å². The van der Waals surface area contributed by atoms with Gasteiger partial charge in [-0.05, 0) is 35.8 Å². The predicted octanol–water partition coefficient (Wildman–Crippen LogP) is 3.36. The van der Waals surface area contributed by atoms with E-state index in [0.29, 0.717) is 0 Å². The molecule has 0 aliphatic heterocycles. The molecule has 1 aliphatic carbocycles. The molecule has 0 bridgehead atoms. The smallest absolute Gasteiger partial charge is 0.0896 e.